The maximum atomic E-state index is 8.72. The summed E-state index contributed by atoms with van der Waals surface area (Å²) in [7, 11) is 0. The average Bonchev–Trinajstić information content (AvgIpc) is 2.42. The molecule has 0 aromatic carbocycles. The lowest BCUT2D eigenvalue weighted by molar-refractivity contribution is 0.308. The summed E-state index contributed by atoms with van der Waals surface area (Å²) in [5, 5.41) is 31.5. The molecule has 0 heterocycles. The molecule has 0 radical (unpaired) electrons. The highest BCUT2D eigenvalue weighted by atomic mass is 35.5. The Morgan fingerprint density at radius 2 is 0.958 bits per heavy atom. The fraction of sp³-hybridized carbons (Fsp3) is 0.800. The van der Waals surface area contributed by atoms with Crippen molar-refractivity contribution in [2.24, 2.45) is 32.0 Å². The van der Waals surface area contributed by atoms with Gasteiger partial charge in [-0.05, 0) is 26.7 Å². The molecule has 14 heteroatoms. The lowest BCUT2D eigenvalue weighted by Gasteiger charge is -2.25. The third-order valence-corrected chi connectivity index (χ3v) is 3.19. The molecule has 24 heavy (non-hydrogen) atoms. The summed E-state index contributed by atoms with van der Waals surface area (Å²) in [4.78, 5) is 0. The van der Waals surface area contributed by atoms with Crippen LogP contribution in [0.15, 0.2) is 20.5 Å². The second kappa shape index (κ2) is 17.9. The zero-order valence-corrected chi connectivity index (χ0v) is 15.7. The molecule has 0 aromatic rings. The second-order valence-electron chi connectivity index (χ2n) is 4.43. The highest BCUT2D eigenvalue weighted by molar-refractivity contribution is 5.90. The van der Waals surface area contributed by atoms with Crippen molar-refractivity contribution in [1.82, 2.24) is 0 Å². The van der Waals surface area contributed by atoms with E-state index in [-0.39, 0.29) is 58.4 Å². The van der Waals surface area contributed by atoms with Gasteiger partial charge >= 0.3 is 0 Å². The molecular formula is C10H32Cl2N6O6. The maximum absolute atomic E-state index is 8.72. The first-order chi connectivity index (χ1) is 8.29. The van der Waals surface area contributed by atoms with Crippen LogP contribution in [-0.2, 0) is 0 Å². The van der Waals surface area contributed by atoms with E-state index in [1.54, 1.807) is 13.8 Å². The number of hydrogen-bond donors (Lipinski definition) is 4. The number of halogens is 2. The number of hydrogen-bond acceptors (Lipinski definition) is 6. The van der Waals surface area contributed by atoms with Crippen molar-refractivity contribution in [2.75, 3.05) is 0 Å². The predicted octanol–water partition coefficient (Wildman–Crippen LogP) is -1.19. The van der Waals surface area contributed by atoms with Crippen LogP contribution < -0.4 is 11.5 Å². The van der Waals surface area contributed by atoms with Crippen LogP contribution in [0.4, 0.5) is 0 Å². The van der Waals surface area contributed by atoms with E-state index < -0.39 is 11.1 Å². The van der Waals surface area contributed by atoms with Crippen LogP contribution in [-0.4, -0.2) is 55.1 Å². The standard InChI is InChI=1S/C10H22N6O2.2ClH.4H2O/c1-5-9(3,7(11)13-17)15-16-10(4,6-2)8(12)14-18;;;;;;/h17-18H,5-6H2,1-4H3,(H2,11,13)(H2,12,14);2*1H;4*1H2. The van der Waals surface area contributed by atoms with Crippen molar-refractivity contribution in [2.45, 2.75) is 51.6 Å². The summed E-state index contributed by atoms with van der Waals surface area (Å²) in [5.74, 6) is -0.0709. The van der Waals surface area contributed by atoms with Gasteiger partial charge in [0.05, 0.1) is 0 Å². The van der Waals surface area contributed by atoms with E-state index in [9.17, 15) is 0 Å². The minimum atomic E-state index is -0.916. The summed E-state index contributed by atoms with van der Waals surface area (Å²) < 4.78 is 0. The quantitative estimate of drug-likeness (QED) is 0.140. The zero-order chi connectivity index (χ0) is 14.4. The number of nitrogens with two attached hydrogens (primary N) is 2. The van der Waals surface area contributed by atoms with Crippen molar-refractivity contribution >= 4 is 36.5 Å². The van der Waals surface area contributed by atoms with E-state index in [4.69, 9.17) is 21.9 Å². The Bertz CT molecular complexity index is 353. The van der Waals surface area contributed by atoms with E-state index in [2.05, 4.69) is 20.5 Å². The molecule has 0 amide bonds. The number of nitrogens with zero attached hydrogens (tertiary/aromatic N) is 4. The number of azo groups is 1. The van der Waals surface area contributed by atoms with E-state index in [1.807, 2.05) is 13.8 Å². The molecule has 0 aliphatic rings. The average molecular weight is 403 g/mol. The van der Waals surface area contributed by atoms with Gasteiger partial charge in [-0.1, -0.05) is 24.2 Å². The number of rotatable bonds is 6. The van der Waals surface area contributed by atoms with E-state index >= 15 is 0 Å². The van der Waals surface area contributed by atoms with Crippen molar-refractivity contribution in [3.63, 3.8) is 0 Å². The molecule has 2 atom stereocenters. The van der Waals surface area contributed by atoms with Gasteiger partial charge in [0, 0.05) is 0 Å². The third kappa shape index (κ3) is 10.4. The van der Waals surface area contributed by atoms with Crippen LogP contribution in [0.3, 0.4) is 0 Å². The monoisotopic (exact) mass is 402 g/mol. The molecular weight excluding hydrogens is 371 g/mol. The van der Waals surface area contributed by atoms with E-state index in [0.717, 1.165) is 0 Å². The van der Waals surface area contributed by atoms with Gasteiger partial charge in [-0.25, -0.2) is 0 Å². The number of oxime groups is 2. The van der Waals surface area contributed by atoms with Crippen molar-refractivity contribution < 1.29 is 32.3 Å². The molecule has 0 aliphatic carbocycles. The van der Waals surface area contributed by atoms with Gasteiger partial charge in [0.1, 0.15) is 11.1 Å². The Balaban J connectivity index is -0.0000000963. The van der Waals surface area contributed by atoms with Crippen LogP contribution in [0.2, 0.25) is 0 Å². The molecule has 0 fully saturated rings. The van der Waals surface area contributed by atoms with Crippen LogP contribution in [0, 0.1) is 0 Å². The largest absolute Gasteiger partial charge is 0.412 e. The Labute approximate surface area is 153 Å². The summed E-state index contributed by atoms with van der Waals surface area (Å²) >= 11 is 0. The topological polar surface area (TPSA) is 268 Å². The zero-order valence-electron chi connectivity index (χ0n) is 14.1. The second-order valence-corrected chi connectivity index (χ2v) is 4.43. The molecule has 0 spiro atoms. The maximum Gasteiger partial charge on any atom is 0.168 e. The predicted molar refractivity (Wildman–Crippen MR) is 98.0 cm³/mol. The fourth-order valence-electron chi connectivity index (χ4n) is 1.04. The summed E-state index contributed by atoms with van der Waals surface area (Å²) in [6.45, 7) is 7.05. The third-order valence-electron chi connectivity index (χ3n) is 3.19. The molecule has 12 nitrogen and oxygen atoms in total. The van der Waals surface area contributed by atoms with Crippen LogP contribution >= 0.6 is 24.8 Å². The molecule has 2 unspecified atom stereocenters. The van der Waals surface area contributed by atoms with Gasteiger partial charge in [0.25, 0.3) is 0 Å². The molecule has 0 aromatic heterocycles. The molecule has 0 rings (SSSR count). The van der Waals surface area contributed by atoms with Gasteiger partial charge in [0.15, 0.2) is 11.7 Å². The lowest BCUT2D eigenvalue weighted by Crippen LogP contribution is -2.42. The Kier molecular flexibility index (Phi) is 32.3. The number of amidine groups is 2. The van der Waals surface area contributed by atoms with Gasteiger partial charge in [-0.2, -0.15) is 10.2 Å². The smallest absolute Gasteiger partial charge is 0.168 e. The minimum absolute atomic E-state index is 0. The highest BCUT2D eigenvalue weighted by Gasteiger charge is 2.32. The van der Waals surface area contributed by atoms with E-state index in [1.165, 1.54) is 0 Å². The van der Waals surface area contributed by atoms with Crippen LogP contribution in [0.1, 0.15) is 40.5 Å². The highest BCUT2D eigenvalue weighted by Crippen LogP contribution is 2.22. The molecule has 0 saturated heterocycles. The minimum Gasteiger partial charge on any atom is -0.412 e. The van der Waals surface area contributed by atoms with Gasteiger partial charge < -0.3 is 43.8 Å². The fourth-order valence-corrected chi connectivity index (χ4v) is 1.04. The van der Waals surface area contributed by atoms with Crippen molar-refractivity contribution in [1.29, 1.82) is 0 Å². The van der Waals surface area contributed by atoms with Gasteiger partial charge in [0.2, 0.25) is 0 Å². The van der Waals surface area contributed by atoms with Crippen LogP contribution in [0.25, 0.3) is 0 Å². The summed E-state index contributed by atoms with van der Waals surface area (Å²) in [6, 6.07) is 0. The Hall–Kier alpha value is -1.44. The molecule has 14 N–H and O–H groups in total. The first-order valence-electron chi connectivity index (χ1n) is 5.69. The SMILES string of the molecule is CCC(C)(N=NC(C)(CC)C(N)=NO)C(N)=NO.Cl.Cl.O.O.O.O. The van der Waals surface area contributed by atoms with Crippen molar-refractivity contribution in [3.05, 3.63) is 0 Å². The molecule has 0 bridgehead atoms. The van der Waals surface area contributed by atoms with E-state index in [0.29, 0.717) is 12.8 Å². The molecule has 0 aliphatic heterocycles. The van der Waals surface area contributed by atoms with Gasteiger partial charge in [-0.15, -0.1) is 24.8 Å². The molecule has 152 valence electrons. The van der Waals surface area contributed by atoms with Crippen molar-refractivity contribution in [3.8, 4) is 0 Å². The summed E-state index contributed by atoms with van der Waals surface area (Å²) in [5.41, 5.74) is 9.32. The Morgan fingerprint density at radius 3 is 1.08 bits per heavy atom. The molecule has 0 saturated carbocycles. The lowest BCUT2D eigenvalue weighted by atomic mass is 9.97. The first-order valence-corrected chi connectivity index (χ1v) is 5.69. The normalized spacial score (nSPS) is 15.5. The first kappa shape index (κ1) is 43.3. The summed E-state index contributed by atoms with van der Waals surface area (Å²) in [6.07, 6.45) is 1.00. The Morgan fingerprint density at radius 1 is 0.750 bits per heavy atom. The van der Waals surface area contributed by atoms with Crippen LogP contribution in [0.5, 0.6) is 0 Å². The van der Waals surface area contributed by atoms with Gasteiger partial charge in [-0.3, -0.25) is 0 Å².